The van der Waals surface area contributed by atoms with Crippen molar-refractivity contribution in [3.63, 3.8) is 0 Å². The smallest absolute Gasteiger partial charge is 0.305 e. The van der Waals surface area contributed by atoms with Gasteiger partial charge in [0.05, 0.1) is 12.0 Å². The molecule has 0 fully saturated rings. The molecule has 4 nitrogen and oxygen atoms in total. The van der Waals surface area contributed by atoms with E-state index >= 15 is 0 Å². The van der Waals surface area contributed by atoms with Crippen molar-refractivity contribution < 1.29 is 14.3 Å². The lowest BCUT2D eigenvalue weighted by Gasteiger charge is -2.20. The highest BCUT2D eigenvalue weighted by Crippen LogP contribution is 2.41. The van der Waals surface area contributed by atoms with Gasteiger partial charge >= 0.3 is 5.97 Å². The number of carbonyl (C=O) groups is 2. The van der Waals surface area contributed by atoms with Crippen LogP contribution in [0.15, 0.2) is 18.2 Å². The number of fused-ring (bicyclic) bond motifs is 1. The van der Waals surface area contributed by atoms with Crippen LogP contribution >= 0.6 is 0 Å². The summed E-state index contributed by atoms with van der Waals surface area (Å²) in [4.78, 5) is 26.0. The predicted molar refractivity (Wildman–Crippen MR) is 96.3 cm³/mol. The summed E-state index contributed by atoms with van der Waals surface area (Å²) < 4.78 is 4.93. The molecule has 1 aliphatic heterocycles. The van der Waals surface area contributed by atoms with E-state index in [-0.39, 0.29) is 11.9 Å². The van der Waals surface area contributed by atoms with Crippen LogP contribution in [0.2, 0.25) is 0 Å². The Hall–Kier alpha value is -1.84. The Kier molecular flexibility index (Phi) is 6.03. The minimum absolute atomic E-state index is 0.113. The van der Waals surface area contributed by atoms with Crippen molar-refractivity contribution in [1.82, 2.24) is 0 Å². The Labute approximate surface area is 145 Å². The Morgan fingerprint density at radius 2 is 1.88 bits per heavy atom. The summed E-state index contributed by atoms with van der Waals surface area (Å²) in [6.07, 6.45) is 4.31. The third-order valence-corrected chi connectivity index (χ3v) is 4.72. The molecule has 0 aliphatic carbocycles. The van der Waals surface area contributed by atoms with Crippen LogP contribution in [0, 0.1) is 6.92 Å². The highest BCUT2D eigenvalue weighted by atomic mass is 16.5. The first-order chi connectivity index (χ1) is 11.4. The summed E-state index contributed by atoms with van der Waals surface area (Å²) in [6.45, 7) is 9.09. The number of hydrogen-bond acceptors (Lipinski definition) is 3. The highest BCUT2D eigenvalue weighted by Gasteiger charge is 2.43. The van der Waals surface area contributed by atoms with Crippen LogP contribution in [0.5, 0.6) is 0 Å². The third-order valence-electron chi connectivity index (χ3n) is 4.72. The number of nitrogens with zero attached hydrogens (tertiary/aromatic N) is 1. The number of ether oxygens (including phenoxy) is 1. The first-order valence-corrected chi connectivity index (χ1v) is 8.96. The van der Waals surface area contributed by atoms with E-state index in [2.05, 4.69) is 25.1 Å². The molecule has 132 valence electrons. The number of benzene rings is 1. The van der Waals surface area contributed by atoms with Gasteiger partial charge in [-0.15, -0.1) is 0 Å². The van der Waals surface area contributed by atoms with Crippen molar-refractivity contribution in [3.8, 4) is 0 Å². The molecular weight excluding hydrogens is 302 g/mol. The SMILES string of the molecule is CCOC(=O)CCCCCCN1C(=O)C(C)(C)c2ccc(C)cc21. The van der Waals surface area contributed by atoms with Gasteiger partial charge in [-0.2, -0.15) is 0 Å². The lowest BCUT2D eigenvalue weighted by molar-refractivity contribution is -0.143. The van der Waals surface area contributed by atoms with E-state index in [1.807, 2.05) is 25.7 Å². The summed E-state index contributed by atoms with van der Waals surface area (Å²) >= 11 is 0. The third kappa shape index (κ3) is 3.97. The van der Waals surface area contributed by atoms with Gasteiger partial charge in [0.1, 0.15) is 0 Å². The second-order valence-corrected chi connectivity index (χ2v) is 7.07. The fourth-order valence-corrected chi connectivity index (χ4v) is 3.30. The van der Waals surface area contributed by atoms with Crippen molar-refractivity contribution in [2.75, 3.05) is 18.1 Å². The molecule has 0 saturated heterocycles. The number of aryl methyl sites for hydroxylation is 1. The molecule has 1 heterocycles. The predicted octanol–water partition coefficient (Wildman–Crippen LogP) is 4.13. The Balaban J connectivity index is 1.84. The highest BCUT2D eigenvalue weighted by molar-refractivity contribution is 6.07. The van der Waals surface area contributed by atoms with Gasteiger partial charge in [-0.1, -0.05) is 25.0 Å². The van der Waals surface area contributed by atoms with Gasteiger partial charge in [0.15, 0.2) is 0 Å². The summed E-state index contributed by atoms with van der Waals surface area (Å²) in [5, 5.41) is 0. The molecule has 24 heavy (non-hydrogen) atoms. The van der Waals surface area contributed by atoms with Gasteiger partial charge in [0, 0.05) is 18.7 Å². The first-order valence-electron chi connectivity index (χ1n) is 8.96. The average molecular weight is 331 g/mol. The van der Waals surface area contributed by atoms with Crippen molar-refractivity contribution in [1.29, 1.82) is 0 Å². The number of anilines is 1. The molecule has 1 aromatic rings. The summed E-state index contributed by atoms with van der Waals surface area (Å²) in [7, 11) is 0. The van der Waals surface area contributed by atoms with Gasteiger partial charge in [0.2, 0.25) is 5.91 Å². The van der Waals surface area contributed by atoms with E-state index < -0.39 is 5.41 Å². The van der Waals surface area contributed by atoms with Crippen molar-refractivity contribution in [2.45, 2.75) is 65.2 Å². The Morgan fingerprint density at radius 1 is 1.17 bits per heavy atom. The molecule has 0 atom stereocenters. The number of rotatable bonds is 8. The zero-order valence-corrected chi connectivity index (χ0v) is 15.4. The summed E-state index contributed by atoms with van der Waals surface area (Å²) in [6, 6.07) is 6.28. The van der Waals surface area contributed by atoms with E-state index in [1.165, 1.54) is 5.56 Å². The molecule has 0 unspecified atom stereocenters. The van der Waals surface area contributed by atoms with Crippen LogP contribution in [0.3, 0.4) is 0 Å². The molecule has 4 heteroatoms. The lowest BCUT2D eigenvalue weighted by atomic mass is 9.86. The first kappa shape index (κ1) is 18.5. The van der Waals surface area contributed by atoms with E-state index in [0.717, 1.165) is 43.5 Å². The molecule has 1 aromatic carbocycles. The molecule has 1 aliphatic rings. The minimum atomic E-state index is -0.438. The molecule has 1 amide bonds. The fraction of sp³-hybridized carbons (Fsp3) is 0.600. The van der Waals surface area contributed by atoms with Crippen LogP contribution in [0.25, 0.3) is 0 Å². The van der Waals surface area contributed by atoms with Gasteiger partial charge in [-0.25, -0.2) is 0 Å². The number of amides is 1. The van der Waals surface area contributed by atoms with E-state index in [0.29, 0.717) is 13.0 Å². The molecule has 0 bridgehead atoms. The van der Waals surface area contributed by atoms with Crippen LogP contribution < -0.4 is 4.90 Å². The topological polar surface area (TPSA) is 46.6 Å². The average Bonchev–Trinajstić information content (AvgIpc) is 2.70. The zero-order chi connectivity index (χ0) is 17.7. The van der Waals surface area contributed by atoms with E-state index in [4.69, 9.17) is 4.74 Å². The largest absolute Gasteiger partial charge is 0.466 e. The molecule has 0 radical (unpaired) electrons. The summed E-state index contributed by atoms with van der Waals surface area (Å²) in [5.74, 6) is 0.0768. The van der Waals surface area contributed by atoms with Crippen molar-refractivity contribution >= 4 is 17.6 Å². The van der Waals surface area contributed by atoms with Gasteiger partial charge < -0.3 is 9.64 Å². The number of unbranched alkanes of at least 4 members (excludes halogenated alkanes) is 3. The Bertz CT molecular complexity index is 607. The zero-order valence-electron chi connectivity index (χ0n) is 15.4. The van der Waals surface area contributed by atoms with Gasteiger partial charge in [0.25, 0.3) is 0 Å². The maximum Gasteiger partial charge on any atom is 0.305 e. The molecule has 0 aromatic heterocycles. The normalized spacial score (nSPS) is 15.5. The van der Waals surface area contributed by atoms with E-state index in [9.17, 15) is 9.59 Å². The molecular formula is C20H29NO3. The molecule has 0 saturated carbocycles. The van der Waals surface area contributed by atoms with Crippen molar-refractivity contribution in [3.05, 3.63) is 29.3 Å². The summed E-state index contributed by atoms with van der Waals surface area (Å²) in [5.41, 5.74) is 2.93. The number of hydrogen-bond donors (Lipinski definition) is 0. The van der Waals surface area contributed by atoms with Gasteiger partial charge in [-0.05, 0) is 57.7 Å². The van der Waals surface area contributed by atoms with Crippen LogP contribution in [-0.4, -0.2) is 25.0 Å². The maximum atomic E-state index is 12.7. The van der Waals surface area contributed by atoms with Gasteiger partial charge in [-0.3, -0.25) is 9.59 Å². The standard InChI is InChI=1S/C20H29NO3/c1-5-24-18(22)10-8-6-7-9-13-21-17-14-15(2)11-12-16(17)20(3,4)19(21)23/h11-12,14H,5-10,13H2,1-4H3. The van der Waals surface area contributed by atoms with E-state index in [1.54, 1.807) is 0 Å². The maximum absolute atomic E-state index is 12.7. The molecule has 0 N–H and O–H groups in total. The van der Waals surface area contributed by atoms with Crippen molar-refractivity contribution in [2.24, 2.45) is 0 Å². The van der Waals surface area contributed by atoms with Crippen LogP contribution in [-0.2, 0) is 19.7 Å². The van der Waals surface area contributed by atoms with Crippen LogP contribution in [0.4, 0.5) is 5.69 Å². The fourth-order valence-electron chi connectivity index (χ4n) is 3.30. The number of esters is 1. The molecule has 2 rings (SSSR count). The monoisotopic (exact) mass is 331 g/mol. The second kappa shape index (κ2) is 7.82. The minimum Gasteiger partial charge on any atom is -0.466 e. The molecule has 0 spiro atoms. The Morgan fingerprint density at radius 3 is 2.58 bits per heavy atom. The quantitative estimate of drug-likeness (QED) is 0.531. The lowest BCUT2D eigenvalue weighted by Crippen LogP contribution is -2.36. The number of carbonyl (C=O) groups excluding carboxylic acids is 2. The second-order valence-electron chi connectivity index (χ2n) is 7.07. The van der Waals surface area contributed by atoms with Crippen LogP contribution in [0.1, 0.15) is 64.0 Å².